The van der Waals surface area contributed by atoms with E-state index in [9.17, 15) is 9.18 Å². The number of halogens is 1. The van der Waals surface area contributed by atoms with Crippen molar-refractivity contribution in [3.05, 3.63) is 72.0 Å². The Labute approximate surface area is 165 Å². The number of benzene rings is 1. The lowest BCUT2D eigenvalue weighted by molar-refractivity contribution is 0.102. The summed E-state index contributed by atoms with van der Waals surface area (Å²) in [4.78, 5) is 25.4. The molecule has 1 aromatic carbocycles. The number of carbonyl (C=O) groups excluding carboxylic acids is 1. The minimum absolute atomic E-state index is 0.157. The van der Waals surface area contributed by atoms with Crippen molar-refractivity contribution in [3.63, 3.8) is 0 Å². The van der Waals surface area contributed by atoms with Gasteiger partial charge in [0.2, 0.25) is 0 Å². The zero-order valence-corrected chi connectivity index (χ0v) is 15.8. The number of anilines is 1. The lowest BCUT2D eigenvalue weighted by atomic mass is 10.2. The molecule has 0 unspecified atom stereocenters. The van der Waals surface area contributed by atoms with E-state index in [1.54, 1.807) is 35.9 Å². The average molecular weight is 392 g/mol. The van der Waals surface area contributed by atoms with Crippen LogP contribution in [0.15, 0.2) is 53.6 Å². The number of hydrogen-bond donors (Lipinski definition) is 1. The first-order valence-corrected chi connectivity index (χ1v) is 8.95. The van der Waals surface area contributed by atoms with Crippen molar-refractivity contribution in [1.82, 2.24) is 24.7 Å². The normalized spacial score (nSPS) is 10.9. The predicted molar refractivity (Wildman–Crippen MR) is 103 cm³/mol. The number of hydrogen-bond acceptors (Lipinski definition) is 6. The van der Waals surface area contributed by atoms with Crippen molar-refractivity contribution in [3.8, 4) is 17.3 Å². The summed E-state index contributed by atoms with van der Waals surface area (Å²) < 4.78 is 20.4. The maximum atomic E-state index is 13.5. The molecule has 4 rings (SSSR count). The van der Waals surface area contributed by atoms with Gasteiger partial charge in [0.25, 0.3) is 11.8 Å². The lowest BCUT2D eigenvalue weighted by Crippen LogP contribution is -2.13. The quantitative estimate of drug-likeness (QED) is 0.557. The minimum atomic E-state index is -0.457. The van der Waals surface area contributed by atoms with Gasteiger partial charge in [0.1, 0.15) is 17.8 Å². The molecule has 0 atom stereocenters. The monoisotopic (exact) mass is 392 g/mol. The number of imidazole rings is 1. The summed E-state index contributed by atoms with van der Waals surface area (Å²) in [5.41, 5.74) is 1.91. The molecule has 0 saturated carbocycles. The van der Waals surface area contributed by atoms with Crippen LogP contribution in [0.2, 0.25) is 0 Å². The van der Waals surface area contributed by atoms with E-state index >= 15 is 0 Å². The van der Waals surface area contributed by atoms with Crippen LogP contribution in [-0.2, 0) is 6.42 Å². The Morgan fingerprint density at radius 3 is 2.93 bits per heavy atom. The zero-order valence-electron chi connectivity index (χ0n) is 15.8. The molecule has 3 heterocycles. The second-order valence-corrected chi connectivity index (χ2v) is 6.32. The summed E-state index contributed by atoms with van der Waals surface area (Å²) in [7, 11) is 0. The van der Waals surface area contributed by atoms with E-state index in [4.69, 9.17) is 4.52 Å². The minimum Gasteiger partial charge on any atom is -0.334 e. The molecule has 0 aliphatic carbocycles. The molecular formula is C20H17FN6O2. The van der Waals surface area contributed by atoms with Gasteiger partial charge in [0.05, 0.1) is 5.56 Å². The van der Waals surface area contributed by atoms with Crippen molar-refractivity contribution in [1.29, 1.82) is 0 Å². The molecule has 1 amide bonds. The highest BCUT2D eigenvalue weighted by Crippen LogP contribution is 2.24. The Hall–Kier alpha value is -3.88. The first-order chi connectivity index (χ1) is 14.0. The SMILES string of the molecule is CCc1noc(-c2cccnc2-n2cnc(C(=O)Nc3cc(F)ccc3C)c2)n1. The number of aromatic nitrogens is 5. The van der Waals surface area contributed by atoms with Gasteiger partial charge in [-0.1, -0.05) is 18.1 Å². The van der Waals surface area contributed by atoms with Gasteiger partial charge in [-0.05, 0) is 36.8 Å². The summed E-state index contributed by atoms with van der Waals surface area (Å²) in [6.07, 6.45) is 5.27. The Balaban J connectivity index is 1.63. The third-order valence-electron chi connectivity index (χ3n) is 4.31. The maximum Gasteiger partial charge on any atom is 0.275 e. The smallest absolute Gasteiger partial charge is 0.275 e. The Bertz CT molecular complexity index is 1180. The third-order valence-corrected chi connectivity index (χ3v) is 4.31. The van der Waals surface area contributed by atoms with E-state index in [0.717, 1.165) is 5.56 Å². The second kappa shape index (κ2) is 7.63. The fraction of sp³-hybridized carbons (Fsp3) is 0.150. The molecule has 8 nitrogen and oxygen atoms in total. The number of nitrogens with zero attached hydrogens (tertiary/aromatic N) is 5. The predicted octanol–water partition coefficient (Wildman–Crippen LogP) is 3.58. The number of aryl methyl sites for hydroxylation is 2. The number of nitrogens with one attached hydrogen (secondary N) is 1. The van der Waals surface area contributed by atoms with Crippen LogP contribution < -0.4 is 5.32 Å². The van der Waals surface area contributed by atoms with E-state index in [0.29, 0.717) is 35.2 Å². The Morgan fingerprint density at radius 2 is 2.14 bits per heavy atom. The van der Waals surface area contributed by atoms with Gasteiger partial charge in [-0.2, -0.15) is 4.98 Å². The van der Waals surface area contributed by atoms with E-state index < -0.39 is 11.7 Å². The summed E-state index contributed by atoms with van der Waals surface area (Å²) >= 11 is 0. The Kier molecular flexibility index (Phi) is 4.86. The molecule has 3 aromatic heterocycles. The van der Waals surface area contributed by atoms with Gasteiger partial charge in [-0.25, -0.2) is 14.4 Å². The molecule has 0 spiro atoms. The fourth-order valence-corrected chi connectivity index (χ4v) is 2.75. The standard InChI is InChI=1S/C20H17FN6O2/c1-3-17-25-20(29-26-17)14-5-4-8-22-18(14)27-10-16(23-11-27)19(28)24-15-9-13(21)7-6-12(15)2/h4-11H,3H2,1-2H3,(H,24,28). The van der Waals surface area contributed by atoms with Crippen LogP contribution in [0.5, 0.6) is 0 Å². The van der Waals surface area contributed by atoms with Gasteiger partial charge >= 0.3 is 0 Å². The molecular weight excluding hydrogens is 375 g/mol. The molecule has 0 aliphatic rings. The second-order valence-electron chi connectivity index (χ2n) is 6.32. The molecule has 1 N–H and O–H groups in total. The van der Waals surface area contributed by atoms with Gasteiger partial charge < -0.3 is 9.84 Å². The molecule has 4 aromatic rings. The highest BCUT2D eigenvalue weighted by atomic mass is 19.1. The van der Waals surface area contributed by atoms with Crippen LogP contribution in [0.25, 0.3) is 17.3 Å². The van der Waals surface area contributed by atoms with E-state index in [2.05, 4.69) is 25.4 Å². The number of amides is 1. The summed E-state index contributed by atoms with van der Waals surface area (Å²) in [6, 6.07) is 7.75. The number of pyridine rings is 1. The van der Waals surface area contributed by atoms with E-state index in [-0.39, 0.29) is 5.69 Å². The zero-order chi connectivity index (χ0) is 20.4. The van der Waals surface area contributed by atoms with Crippen LogP contribution in [0.1, 0.15) is 28.8 Å². The van der Waals surface area contributed by atoms with Crippen molar-refractivity contribution in [2.75, 3.05) is 5.32 Å². The van der Waals surface area contributed by atoms with Crippen LogP contribution in [0, 0.1) is 12.7 Å². The topological polar surface area (TPSA) is 98.7 Å². The molecule has 0 bridgehead atoms. The lowest BCUT2D eigenvalue weighted by Gasteiger charge is -2.07. The van der Waals surface area contributed by atoms with Crippen molar-refractivity contribution in [2.45, 2.75) is 20.3 Å². The van der Waals surface area contributed by atoms with E-state index in [1.807, 2.05) is 6.92 Å². The van der Waals surface area contributed by atoms with Crippen molar-refractivity contribution >= 4 is 11.6 Å². The van der Waals surface area contributed by atoms with Gasteiger partial charge in [-0.15, -0.1) is 0 Å². The number of rotatable bonds is 5. The third kappa shape index (κ3) is 3.75. The van der Waals surface area contributed by atoms with Gasteiger partial charge in [-0.3, -0.25) is 9.36 Å². The summed E-state index contributed by atoms with van der Waals surface area (Å²) in [6.45, 7) is 3.71. The van der Waals surface area contributed by atoms with Crippen LogP contribution in [0.4, 0.5) is 10.1 Å². The molecule has 0 aliphatic heterocycles. The molecule has 9 heteroatoms. The molecule has 0 saturated heterocycles. The summed E-state index contributed by atoms with van der Waals surface area (Å²) in [5.74, 6) is 0.528. The largest absolute Gasteiger partial charge is 0.334 e. The first kappa shape index (κ1) is 18.5. The van der Waals surface area contributed by atoms with Crippen molar-refractivity contribution in [2.24, 2.45) is 0 Å². The Morgan fingerprint density at radius 1 is 1.28 bits per heavy atom. The van der Waals surface area contributed by atoms with Gasteiger partial charge in [0.15, 0.2) is 11.6 Å². The van der Waals surface area contributed by atoms with Crippen LogP contribution in [-0.4, -0.2) is 30.6 Å². The average Bonchev–Trinajstić information content (AvgIpc) is 3.40. The molecule has 29 heavy (non-hydrogen) atoms. The highest BCUT2D eigenvalue weighted by molar-refractivity contribution is 6.03. The van der Waals surface area contributed by atoms with Crippen LogP contribution >= 0.6 is 0 Å². The molecule has 0 radical (unpaired) electrons. The fourth-order valence-electron chi connectivity index (χ4n) is 2.75. The first-order valence-electron chi connectivity index (χ1n) is 8.95. The van der Waals surface area contributed by atoms with Crippen LogP contribution in [0.3, 0.4) is 0 Å². The van der Waals surface area contributed by atoms with Gasteiger partial charge in [0, 0.05) is 24.5 Å². The molecule has 146 valence electrons. The van der Waals surface area contributed by atoms with E-state index in [1.165, 1.54) is 24.7 Å². The highest BCUT2D eigenvalue weighted by Gasteiger charge is 2.17. The number of carbonyl (C=O) groups is 1. The molecule has 0 fully saturated rings. The maximum absolute atomic E-state index is 13.5. The summed E-state index contributed by atoms with van der Waals surface area (Å²) in [5, 5.41) is 6.58. The van der Waals surface area contributed by atoms with Crippen molar-refractivity contribution < 1.29 is 13.7 Å².